The topological polar surface area (TPSA) is 83.6 Å². The third-order valence-corrected chi connectivity index (χ3v) is 3.14. The molecule has 1 aliphatic rings. The van der Waals surface area contributed by atoms with E-state index in [0.29, 0.717) is 13.0 Å². The highest BCUT2D eigenvalue weighted by molar-refractivity contribution is 5.77. The van der Waals surface area contributed by atoms with Crippen molar-refractivity contribution in [1.29, 1.82) is 0 Å². The number of carbonyl (C=O) groups excluding carboxylic acids is 1. The van der Waals surface area contributed by atoms with Gasteiger partial charge in [0.2, 0.25) is 5.91 Å². The van der Waals surface area contributed by atoms with Crippen LogP contribution in [0, 0.1) is 5.92 Å². The van der Waals surface area contributed by atoms with Crippen molar-refractivity contribution in [2.75, 3.05) is 13.1 Å². The molecule has 1 aliphatic heterocycles. The van der Waals surface area contributed by atoms with Gasteiger partial charge < -0.3 is 10.8 Å². The van der Waals surface area contributed by atoms with E-state index in [1.807, 2.05) is 4.90 Å². The number of amides is 1. The van der Waals surface area contributed by atoms with Crippen molar-refractivity contribution in [2.24, 2.45) is 11.7 Å². The highest BCUT2D eigenvalue weighted by Gasteiger charge is 2.28. The molecule has 2 atom stereocenters. The lowest BCUT2D eigenvalue weighted by atomic mass is 10.1. The molecular formula is C11H20N2O3. The first-order valence-electron chi connectivity index (χ1n) is 5.78. The molecule has 0 aromatic heterocycles. The van der Waals surface area contributed by atoms with Gasteiger partial charge in [-0.1, -0.05) is 19.8 Å². The maximum absolute atomic E-state index is 11.1. The molecule has 16 heavy (non-hydrogen) atoms. The number of carbonyl (C=O) groups is 2. The van der Waals surface area contributed by atoms with Crippen LogP contribution in [0.4, 0.5) is 0 Å². The third kappa shape index (κ3) is 3.48. The molecule has 2 unspecified atom stereocenters. The monoisotopic (exact) mass is 228 g/mol. The van der Waals surface area contributed by atoms with Crippen LogP contribution in [0.15, 0.2) is 0 Å². The van der Waals surface area contributed by atoms with E-state index < -0.39 is 12.0 Å². The second-order valence-corrected chi connectivity index (χ2v) is 4.50. The number of carboxylic acid groups (broad SMARTS) is 1. The normalized spacial score (nSPS) is 24.7. The Bertz CT molecular complexity index is 268. The molecule has 92 valence electrons. The average molecular weight is 228 g/mol. The number of hydrogen-bond acceptors (Lipinski definition) is 3. The van der Waals surface area contributed by atoms with Gasteiger partial charge in [0.25, 0.3) is 0 Å². The van der Waals surface area contributed by atoms with Crippen molar-refractivity contribution in [2.45, 2.75) is 38.6 Å². The van der Waals surface area contributed by atoms with Crippen LogP contribution in [0.25, 0.3) is 0 Å². The van der Waals surface area contributed by atoms with Gasteiger partial charge in [0.1, 0.15) is 6.04 Å². The number of aliphatic carboxylic acids is 1. The summed E-state index contributed by atoms with van der Waals surface area (Å²) in [6, 6.07) is -0.454. The van der Waals surface area contributed by atoms with Gasteiger partial charge in [-0.05, 0) is 19.4 Å². The Morgan fingerprint density at radius 2 is 2.12 bits per heavy atom. The molecule has 0 radical (unpaired) electrons. The molecule has 0 aromatic rings. The first-order valence-corrected chi connectivity index (χ1v) is 5.78. The van der Waals surface area contributed by atoms with E-state index in [2.05, 4.69) is 0 Å². The summed E-state index contributed by atoms with van der Waals surface area (Å²) in [5.41, 5.74) is 5.20. The summed E-state index contributed by atoms with van der Waals surface area (Å²) in [6.45, 7) is 2.94. The molecule has 0 aromatic carbocycles. The van der Waals surface area contributed by atoms with E-state index >= 15 is 0 Å². The molecule has 0 saturated carbocycles. The van der Waals surface area contributed by atoms with Gasteiger partial charge in [0.05, 0.1) is 0 Å². The SMILES string of the molecule is CC(CN1CCCCCC1C(=O)O)C(N)=O. The molecule has 0 aliphatic carbocycles. The fourth-order valence-corrected chi connectivity index (χ4v) is 2.11. The second-order valence-electron chi connectivity index (χ2n) is 4.50. The van der Waals surface area contributed by atoms with Gasteiger partial charge in [-0.2, -0.15) is 0 Å². The summed E-state index contributed by atoms with van der Waals surface area (Å²) in [6.07, 6.45) is 3.67. The predicted molar refractivity (Wildman–Crippen MR) is 59.8 cm³/mol. The number of hydrogen-bond donors (Lipinski definition) is 2. The Hall–Kier alpha value is -1.10. The van der Waals surface area contributed by atoms with Crippen LogP contribution < -0.4 is 5.73 Å². The van der Waals surface area contributed by atoms with Crippen LogP contribution in [0.2, 0.25) is 0 Å². The van der Waals surface area contributed by atoms with E-state index in [9.17, 15) is 9.59 Å². The van der Waals surface area contributed by atoms with Crippen molar-refractivity contribution in [1.82, 2.24) is 4.90 Å². The van der Waals surface area contributed by atoms with Gasteiger partial charge in [0, 0.05) is 12.5 Å². The zero-order chi connectivity index (χ0) is 12.1. The number of nitrogens with two attached hydrogens (primary N) is 1. The van der Waals surface area contributed by atoms with E-state index in [1.165, 1.54) is 0 Å². The Labute approximate surface area is 95.6 Å². The molecule has 5 nitrogen and oxygen atoms in total. The van der Waals surface area contributed by atoms with Crippen LogP contribution in [0.1, 0.15) is 32.6 Å². The lowest BCUT2D eigenvalue weighted by Crippen LogP contribution is -2.44. The van der Waals surface area contributed by atoms with Crippen molar-refractivity contribution in [3.05, 3.63) is 0 Å². The Kier molecular flexibility index (Phi) is 4.73. The zero-order valence-electron chi connectivity index (χ0n) is 9.69. The fraction of sp³-hybridized carbons (Fsp3) is 0.818. The number of rotatable bonds is 4. The summed E-state index contributed by atoms with van der Waals surface area (Å²) in [5.74, 6) is -1.45. The van der Waals surface area contributed by atoms with E-state index in [4.69, 9.17) is 10.8 Å². The zero-order valence-corrected chi connectivity index (χ0v) is 9.69. The Morgan fingerprint density at radius 3 is 2.69 bits per heavy atom. The van der Waals surface area contributed by atoms with Crippen LogP contribution in [0.3, 0.4) is 0 Å². The molecule has 1 fully saturated rings. The van der Waals surface area contributed by atoms with E-state index in [1.54, 1.807) is 6.92 Å². The summed E-state index contributed by atoms with van der Waals surface area (Å²) in [5, 5.41) is 9.13. The van der Waals surface area contributed by atoms with Crippen LogP contribution in [0.5, 0.6) is 0 Å². The van der Waals surface area contributed by atoms with Gasteiger partial charge in [-0.15, -0.1) is 0 Å². The van der Waals surface area contributed by atoms with Crippen molar-refractivity contribution < 1.29 is 14.7 Å². The standard InChI is InChI=1S/C11H20N2O3/c1-8(10(12)14)7-13-6-4-2-3-5-9(13)11(15)16/h8-9H,2-7H2,1H3,(H2,12,14)(H,15,16). The molecule has 1 amide bonds. The molecule has 0 bridgehead atoms. The average Bonchev–Trinajstić information content (AvgIpc) is 2.42. The van der Waals surface area contributed by atoms with Crippen molar-refractivity contribution in [3.8, 4) is 0 Å². The summed E-state index contributed by atoms with van der Waals surface area (Å²) >= 11 is 0. The molecule has 1 saturated heterocycles. The minimum atomic E-state index is -0.793. The molecule has 1 heterocycles. The molecule has 5 heteroatoms. The van der Waals surface area contributed by atoms with Crippen molar-refractivity contribution in [3.63, 3.8) is 0 Å². The quantitative estimate of drug-likeness (QED) is 0.731. The molecular weight excluding hydrogens is 208 g/mol. The fourth-order valence-electron chi connectivity index (χ4n) is 2.11. The summed E-state index contributed by atoms with van der Waals surface area (Å²) in [7, 11) is 0. The third-order valence-electron chi connectivity index (χ3n) is 3.14. The maximum Gasteiger partial charge on any atom is 0.320 e. The molecule has 1 rings (SSSR count). The smallest absolute Gasteiger partial charge is 0.320 e. The number of carboxylic acids is 1. The van der Waals surface area contributed by atoms with E-state index in [0.717, 1.165) is 25.8 Å². The second kappa shape index (κ2) is 5.84. The minimum Gasteiger partial charge on any atom is -0.480 e. The lowest BCUT2D eigenvalue weighted by molar-refractivity contribution is -0.144. The van der Waals surface area contributed by atoms with Crippen LogP contribution in [-0.4, -0.2) is 41.0 Å². The molecule has 0 spiro atoms. The van der Waals surface area contributed by atoms with Crippen LogP contribution >= 0.6 is 0 Å². The van der Waals surface area contributed by atoms with Gasteiger partial charge in [-0.25, -0.2) is 0 Å². The first kappa shape index (κ1) is 13.0. The minimum absolute atomic E-state index is 0.292. The lowest BCUT2D eigenvalue weighted by Gasteiger charge is -2.28. The number of primary amides is 1. The van der Waals surface area contributed by atoms with E-state index in [-0.39, 0.29) is 11.8 Å². The predicted octanol–water partition coefficient (Wildman–Crippen LogP) is 0.437. The Balaban J connectivity index is 2.64. The van der Waals surface area contributed by atoms with Crippen molar-refractivity contribution >= 4 is 11.9 Å². The first-order chi connectivity index (χ1) is 7.52. The highest BCUT2D eigenvalue weighted by atomic mass is 16.4. The number of nitrogens with zero attached hydrogens (tertiary/aromatic N) is 1. The summed E-state index contributed by atoms with van der Waals surface area (Å²) < 4.78 is 0. The highest BCUT2D eigenvalue weighted by Crippen LogP contribution is 2.18. The largest absolute Gasteiger partial charge is 0.480 e. The Morgan fingerprint density at radius 1 is 1.44 bits per heavy atom. The van der Waals surface area contributed by atoms with Crippen LogP contribution in [-0.2, 0) is 9.59 Å². The summed E-state index contributed by atoms with van der Waals surface area (Å²) in [4.78, 5) is 24.0. The van der Waals surface area contributed by atoms with Gasteiger partial charge in [0.15, 0.2) is 0 Å². The maximum atomic E-state index is 11.1. The molecule has 3 N–H and O–H groups in total. The number of likely N-dealkylation sites (tertiary alicyclic amines) is 1. The van der Waals surface area contributed by atoms with Gasteiger partial charge >= 0.3 is 5.97 Å². The van der Waals surface area contributed by atoms with Gasteiger partial charge in [-0.3, -0.25) is 14.5 Å².